The molecule has 2 aromatic rings. The predicted molar refractivity (Wildman–Crippen MR) is 120 cm³/mol. The molecule has 0 aliphatic rings. The van der Waals surface area contributed by atoms with Gasteiger partial charge in [-0.25, -0.2) is 4.39 Å². The van der Waals surface area contributed by atoms with Crippen molar-refractivity contribution < 1.29 is 13.9 Å². The van der Waals surface area contributed by atoms with Crippen LogP contribution in [-0.4, -0.2) is 25.0 Å². The summed E-state index contributed by atoms with van der Waals surface area (Å²) in [7, 11) is 3.32. The van der Waals surface area contributed by atoms with Crippen molar-refractivity contribution >= 4 is 17.6 Å². The van der Waals surface area contributed by atoms with E-state index in [4.69, 9.17) is 4.74 Å². The van der Waals surface area contributed by atoms with Crippen LogP contribution in [0.4, 0.5) is 4.39 Å². The largest absolute Gasteiger partial charge is 0.496 e. The summed E-state index contributed by atoms with van der Waals surface area (Å²) >= 11 is 0. The van der Waals surface area contributed by atoms with Gasteiger partial charge in [0.2, 0.25) is 5.91 Å². The summed E-state index contributed by atoms with van der Waals surface area (Å²) in [5.74, 6) is 0.299. The molecule has 1 atom stereocenters. The Morgan fingerprint density at radius 3 is 2.41 bits per heavy atom. The average molecular weight is 398 g/mol. The van der Waals surface area contributed by atoms with E-state index in [1.54, 1.807) is 43.3 Å². The summed E-state index contributed by atoms with van der Waals surface area (Å²) < 4.78 is 19.9. The lowest BCUT2D eigenvalue weighted by atomic mass is 9.92. The number of rotatable bonds is 7. The van der Waals surface area contributed by atoms with Crippen LogP contribution in [0.2, 0.25) is 0 Å². The van der Waals surface area contributed by atoms with E-state index >= 15 is 0 Å². The molecule has 0 aromatic heterocycles. The Morgan fingerprint density at radius 2 is 1.90 bits per heavy atom. The van der Waals surface area contributed by atoms with Crippen molar-refractivity contribution in [2.45, 2.75) is 40.2 Å². The van der Waals surface area contributed by atoms with E-state index in [1.165, 1.54) is 13.0 Å². The molecule has 0 spiro atoms. The quantitative estimate of drug-likeness (QED) is 0.532. The maximum Gasteiger partial charge on any atom is 0.219 e. The van der Waals surface area contributed by atoms with Crippen LogP contribution in [0.25, 0.3) is 11.6 Å². The molecular formula is C25H32FNO2. The number of halogens is 1. The molecular weight excluding hydrogens is 365 g/mol. The van der Waals surface area contributed by atoms with Gasteiger partial charge in [0.15, 0.2) is 0 Å². The van der Waals surface area contributed by atoms with Gasteiger partial charge >= 0.3 is 0 Å². The van der Waals surface area contributed by atoms with Crippen molar-refractivity contribution in [3.05, 3.63) is 77.6 Å². The second-order valence-electron chi connectivity index (χ2n) is 6.35. The third-order valence-corrected chi connectivity index (χ3v) is 4.81. The summed E-state index contributed by atoms with van der Waals surface area (Å²) in [5.41, 5.74) is 3.39. The number of hydrogen-bond acceptors (Lipinski definition) is 2. The Kier molecular flexibility index (Phi) is 9.87. The van der Waals surface area contributed by atoms with Crippen molar-refractivity contribution in [2.24, 2.45) is 0 Å². The minimum Gasteiger partial charge on any atom is -0.496 e. The first-order chi connectivity index (χ1) is 13.9. The second kappa shape index (κ2) is 11.8. The lowest BCUT2D eigenvalue weighted by Gasteiger charge is -2.29. The van der Waals surface area contributed by atoms with Crippen molar-refractivity contribution in [3.8, 4) is 5.75 Å². The van der Waals surface area contributed by atoms with Gasteiger partial charge in [-0.3, -0.25) is 4.79 Å². The zero-order valence-corrected chi connectivity index (χ0v) is 18.3. The fourth-order valence-corrected chi connectivity index (χ4v) is 3.11. The van der Waals surface area contributed by atoms with Gasteiger partial charge in [0.05, 0.1) is 13.2 Å². The molecule has 0 fully saturated rings. The standard InChI is InChI=1S/C23H26FNO2.C2H6/c1-6-17-12-13-19(15-23(17)27-5)18(7-2)14-22(25(4)16(3)26)20-10-8-9-11-21(20)24;1-2/h6-13,15,22H,1,14H2,2-5H3;1-2H3/b18-7+;. The van der Waals surface area contributed by atoms with Gasteiger partial charge in [0.25, 0.3) is 0 Å². The van der Waals surface area contributed by atoms with E-state index < -0.39 is 6.04 Å². The third-order valence-electron chi connectivity index (χ3n) is 4.81. The Balaban J connectivity index is 0.00000204. The monoisotopic (exact) mass is 397 g/mol. The van der Waals surface area contributed by atoms with E-state index in [1.807, 2.05) is 45.0 Å². The van der Waals surface area contributed by atoms with Crippen molar-refractivity contribution in [1.29, 1.82) is 0 Å². The topological polar surface area (TPSA) is 29.5 Å². The molecule has 0 bridgehead atoms. The Labute approximate surface area is 174 Å². The number of carbonyl (C=O) groups excluding carboxylic acids is 1. The van der Waals surface area contributed by atoms with Gasteiger partial charge in [-0.2, -0.15) is 0 Å². The van der Waals surface area contributed by atoms with Crippen LogP contribution in [0.1, 0.15) is 56.8 Å². The van der Waals surface area contributed by atoms with Crippen LogP contribution < -0.4 is 4.74 Å². The van der Waals surface area contributed by atoms with E-state index in [9.17, 15) is 9.18 Å². The lowest BCUT2D eigenvalue weighted by Crippen LogP contribution is -2.30. The van der Waals surface area contributed by atoms with E-state index in [0.29, 0.717) is 12.0 Å². The van der Waals surface area contributed by atoms with E-state index in [-0.39, 0.29) is 11.7 Å². The molecule has 0 heterocycles. The molecule has 3 nitrogen and oxygen atoms in total. The van der Waals surface area contributed by atoms with Crippen LogP contribution in [-0.2, 0) is 4.79 Å². The van der Waals surface area contributed by atoms with Gasteiger partial charge in [-0.05, 0) is 36.6 Å². The van der Waals surface area contributed by atoms with Crippen LogP contribution in [0.3, 0.4) is 0 Å². The first-order valence-corrected chi connectivity index (χ1v) is 9.86. The molecule has 29 heavy (non-hydrogen) atoms. The van der Waals surface area contributed by atoms with Crippen molar-refractivity contribution in [1.82, 2.24) is 4.90 Å². The highest BCUT2D eigenvalue weighted by atomic mass is 19.1. The van der Waals surface area contributed by atoms with E-state index in [2.05, 4.69) is 6.58 Å². The van der Waals surface area contributed by atoms with Crippen molar-refractivity contribution in [2.75, 3.05) is 14.2 Å². The smallest absolute Gasteiger partial charge is 0.219 e. The van der Waals surface area contributed by atoms with E-state index in [0.717, 1.165) is 22.4 Å². The van der Waals surface area contributed by atoms with Crippen LogP contribution in [0, 0.1) is 5.82 Å². The number of benzene rings is 2. The molecule has 4 heteroatoms. The Hall–Kier alpha value is -2.88. The fourth-order valence-electron chi connectivity index (χ4n) is 3.11. The Bertz CT molecular complexity index is 858. The minimum atomic E-state index is -0.403. The second-order valence-corrected chi connectivity index (χ2v) is 6.35. The van der Waals surface area contributed by atoms with Crippen LogP contribution >= 0.6 is 0 Å². The highest BCUT2D eigenvalue weighted by Gasteiger charge is 2.24. The fraction of sp³-hybridized carbons (Fsp3) is 0.320. The average Bonchev–Trinajstić information content (AvgIpc) is 2.75. The summed E-state index contributed by atoms with van der Waals surface area (Å²) in [4.78, 5) is 13.6. The summed E-state index contributed by atoms with van der Waals surface area (Å²) in [6.45, 7) is 11.2. The Morgan fingerprint density at radius 1 is 1.24 bits per heavy atom. The molecule has 0 aliphatic carbocycles. The van der Waals surface area contributed by atoms with Gasteiger partial charge in [-0.1, -0.05) is 62.9 Å². The summed E-state index contributed by atoms with van der Waals surface area (Å²) in [6.07, 6.45) is 4.22. The predicted octanol–water partition coefficient (Wildman–Crippen LogP) is 6.52. The molecule has 0 N–H and O–H groups in total. The number of allylic oxidation sites excluding steroid dienone is 1. The highest BCUT2D eigenvalue weighted by molar-refractivity contribution is 5.75. The number of ether oxygens (including phenoxy) is 1. The number of carbonyl (C=O) groups is 1. The lowest BCUT2D eigenvalue weighted by molar-refractivity contribution is -0.129. The molecule has 156 valence electrons. The number of methoxy groups -OCH3 is 1. The normalized spacial score (nSPS) is 11.8. The molecule has 1 unspecified atom stereocenters. The maximum absolute atomic E-state index is 14.4. The first kappa shape index (κ1) is 24.2. The molecule has 0 saturated carbocycles. The van der Waals surface area contributed by atoms with Crippen LogP contribution in [0.5, 0.6) is 5.75 Å². The molecule has 0 saturated heterocycles. The van der Waals surface area contributed by atoms with Gasteiger partial charge in [0, 0.05) is 25.1 Å². The van der Waals surface area contributed by atoms with Crippen molar-refractivity contribution in [3.63, 3.8) is 0 Å². The van der Waals surface area contributed by atoms with Crippen LogP contribution in [0.15, 0.2) is 55.1 Å². The highest BCUT2D eigenvalue weighted by Crippen LogP contribution is 2.34. The zero-order valence-electron chi connectivity index (χ0n) is 18.3. The summed E-state index contributed by atoms with van der Waals surface area (Å²) in [5, 5.41) is 0. The SMILES string of the molecule is C=Cc1ccc(/C(=C/C)CC(c2ccccc2F)N(C)C(C)=O)cc1OC.CC. The molecule has 0 radical (unpaired) electrons. The van der Waals surface area contributed by atoms with Gasteiger partial charge < -0.3 is 9.64 Å². The molecule has 2 rings (SSSR count). The molecule has 0 aliphatic heterocycles. The maximum atomic E-state index is 14.4. The number of hydrogen-bond donors (Lipinski definition) is 0. The zero-order chi connectivity index (χ0) is 22.0. The van der Waals surface area contributed by atoms with Gasteiger partial charge in [-0.15, -0.1) is 0 Å². The summed E-state index contributed by atoms with van der Waals surface area (Å²) in [6, 6.07) is 12.1. The molecule has 2 aromatic carbocycles. The first-order valence-electron chi connectivity index (χ1n) is 9.86. The minimum absolute atomic E-state index is 0.113. The van der Waals surface area contributed by atoms with Gasteiger partial charge in [0.1, 0.15) is 11.6 Å². The number of amides is 1. The third kappa shape index (κ3) is 6.05. The number of nitrogens with zero attached hydrogens (tertiary/aromatic N) is 1. The molecule has 1 amide bonds.